The van der Waals surface area contributed by atoms with Gasteiger partial charge in [0.15, 0.2) is 0 Å². The van der Waals surface area contributed by atoms with E-state index in [0.29, 0.717) is 6.04 Å². The molecule has 3 atom stereocenters. The van der Waals surface area contributed by atoms with Gasteiger partial charge in [0.2, 0.25) is 0 Å². The Morgan fingerprint density at radius 2 is 2.15 bits per heavy atom. The molecule has 2 heteroatoms. The van der Waals surface area contributed by atoms with Crippen molar-refractivity contribution in [2.24, 2.45) is 5.92 Å². The Bertz CT molecular complexity index is 404. The van der Waals surface area contributed by atoms with Gasteiger partial charge in [0.1, 0.15) is 5.75 Å². The smallest absolute Gasteiger partial charge is 0.121 e. The fourth-order valence-electron chi connectivity index (χ4n) is 3.00. The number of nitrogens with one attached hydrogen (secondary N) is 1. The molecule has 0 aromatic heterocycles. The molecule has 0 heterocycles. The summed E-state index contributed by atoms with van der Waals surface area (Å²) in [6, 6.07) is 9.06. The number of benzene rings is 1. The van der Waals surface area contributed by atoms with E-state index in [0.717, 1.165) is 18.1 Å². The van der Waals surface area contributed by atoms with E-state index in [1.165, 1.54) is 37.8 Å². The van der Waals surface area contributed by atoms with Gasteiger partial charge in [-0.2, -0.15) is 0 Å². The Kier molecular flexibility index (Phi) is 5.75. The number of hydrogen-bond acceptors (Lipinski definition) is 2. The number of hydrogen-bond donors (Lipinski definition) is 1. The zero-order valence-corrected chi connectivity index (χ0v) is 13.2. The molecule has 0 saturated heterocycles. The Balaban J connectivity index is 1.93. The first kappa shape index (κ1) is 15.2. The molecule has 0 spiro atoms. The lowest BCUT2D eigenvalue weighted by Gasteiger charge is -2.30. The summed E-state index contributed by atoms with van der Waals surface area (Å²) in [5, 5.41) is 3.70. The molecule has 0 bridgehead atoms. The van der Waals surface area contributed by atoms with Gasteiger partial charge in [-0.25, -0.2) is 0 Å². The van der Waals surface area contributed by atoms with Crippen molar-refractivity contribution < 1.29 is 4.74 Å². The largest absolute Gasteiger partial charge is 0.491 e. The van der Waals surface area contributed by atoms with Crippen LogP contribution in [0.1, 0.15) is 59.3 Å². The van der Waals surface area contributed by atoms with E-state index >= 15 is 0 Å². The van der Waals surface area contributed by atoms with Crippen LogP contribution in [0.5, 0.6) is 5.75 Å². The maximum Gasteiger partial charge on any atom is 0.121 e. The highest BCUT2D eigenvalue weighted by Crippen LogP contribution is 2.29. The van der Waals surface area contributed by atoms with Gasteiger partial charge in [0.05, 0.1) is 6.10 Å². The summed E-state index contributed by atoms with van der Waals surface area (Å²) in [7, 11) is 0. The van der Waals surface area contributed by atoms with E-state index in [4.69, 9.17) is 4.74 Å². The third kappa shape index (κ3) is 4.43. The van der Waals surface area contributed by atoms with Crippen LogP contribution in [0.25, 0.3) is 0 Å². The second kappa shape index (κ2) is 7.56. The van der Waals surface area contributed by atoms with Crippen molar-refractivity contribution in [3.05, 3.63) is 24.3 Å². The minimum atomic E-state index is 0.282. The van der Waals surface area contributed by atoms with Crippen molar-refractivity contribution in [2.45, 2.75) is 71.4 Å². The molecule has 0 amide bonds. The van der Waals surface area contributed by atoms with Crippen LogP contribution in [0.15, 0.2) is 24.3 Å². The first-order valence-electron chi connectivity index (χ1n) is 8.24. The molecule has 112 valence electrons. The third-order valence-electron chi connectivity index (χ3n) is 4.48. The molecule has 20 heavy (non-hydrogen) atoms. The van der Waals surface area contributed by atoms with Crippen molar-refractivity contribution >= 4 is 5.69 Å². The summed E-state index contributed by atoms with van der Waals surface area (Å²) in [4.78, 5) is 0. The standard InChI is InChI=1S/C18H29NO/c1-4-14(3)20-18-11-7-10-17(13-18)19-16-9-6-8-15(5-2)12-16/h7,10-11,13-16,19H,4-6,8-9,12H2,1-3H3. The van der Waals surface area contributed by atoms with Crippen LogP contribution in [0, 0.1) is 5.92 Å². The second-order valence-corrected chi connectivity index (χ2v) is 6.15. The van der Waals surface area contributed by atoms with E-state index in [1.54, 1.807) is 0 Å². The van der Waals surface area contributed by atoms with Crippen molar-refractivity contribution in [3.8, 4) is 5.75 Å². The van der Waals surface area contributed by atoms with Crippen LogP contribution in [0.3, 0.4) is 0 Å². The fraction of sp³-hybridized carbons (Fsp3) is 0.667. The van der Waals surface area contributed by atoms with Crippen LogP contribution >= 0.6 is 0 Å². The lowest BCUT2D eigenvalue weighted by atomic mass is 9.84. The van der Waals surface area contributed by atoms with Crippen LogP contribution in [-0.2, 0) is 0 Å². The molecule has 0 aliphatic heterocycles. The number of ether oxygens (including phenoxy) is 1. The Labute approximate surface area is 123 Å². The lowest BCUT2D eigenvalue weighted by Crippen LogP contribution is -2.27. The minimum absolute atomic E-state index is 0.282. The SMILES string of the molecule is CCC1CCCC(Nc2cccc(OC(C)CC)c2)C1. The molecule has 1 aliphatic carbocycles. The molecule has 3 unspecified atom stereocenters. The zero-order valence-electron chi connectivity index (χ0n) is 13.2. The van der Waals surface area contributed by atoms with Gasteiger partial charge in [-0.3, -0.25) is 0 Å². The highest BCUT2D eigenvalue weighted by Gasteiger charge is 2.20. The molecule has 1 aliphatic rings. The van der Waals surface area contributed by atoms with Crippen LogP contribution < -0.4 is 10.1 Å². The maximum absolute atomic E-state index is 5.90. The van der Waals surface area contributed by atoms with E-state index in [2.05, 4.69) is 44.3 Å². The number of rotatable bonds is 6. The predicted molar refractivity (Wildman–Crippen MR) is 86.5 cm³/mol. The van der Waals surface area contributed by atoms with Gasteiger partial charge < -0.3 is 10.1 Å². The zero-order chi connectivity index (χ0) is 14.4. The van der Waals surface area contributed by atoms with E-state index in [1.807, 2.05) is 6.07 Å². The molecular weight excluding hydrogens is 246 g/mol. The molecule has 1 fully saturated rings. The van der Waals surface area contributed by atoms with Gasteiger partial charge in [-0.05, 0) is 44.2 Å². The van der Waals surface area contributed by atoms with Gasteiger partial charge in [0, 0.05) is 17.8 Å². The molecule has 0 radical (unpaired) electrons. The van der Waals surface area contributed by atoms with Crippen LogP contribution in [0.2, 0.25) is 0 Å². The topological polar surface area (TPSA) is 21.3 Å². The minimum Gasteiger partial charge on any atom is -0.491 e. The van der Waals surface area contributed by atoms with E-state index in [9.17, 15) is 0 Å². The maximum atomic E-state index is 5.90. The molecule has 1 saturated carbocycles. The third-order valence-corrected chi connectivity index (χ3v) is 4.48. The molecule has 1 N–H and O–H groups in total. The lowest BCUT2D eigenvalue weighted by molar-refractivity contribution is 0.217. The summed E-state index contributed by atoms with van der Waals surface area (Å²) >= 11 is 0. The quantitative estimate of drug-likeness (QED) is 0.766. The molecule has 2 rings (SSSR count). The Morgan fingerprint density at radius 1 is 1.30 bits per heavy atom. The fourth-order valence-corrected chi connectivity index (χ4v) is 3.00. The summed E-state index contributed by atoms with van der Waals surface area (Å²) in [5.74, 6) is 1.88. The molecule has 1 aromatic carbocycles. The second-order valence-electron chi connectivity index (χ2n) is 6.15. The summed E-state index contributed by atoms with van der Waals surface area (Å²) in [6.45, 7) is 6.58. The summed E-state index contributed by atoms with van der Waals surface area (Å²) < 4.78 is 5.90. The van der Waals surface area contributed by atoms with Gasteiger partial charge in [-0.15, -0.1) is 0 Å². The van der Waals surface area contributed by atoms with Crippen molar-refractivity contribution in [1.29, 1.82) is 0 Å². The average Bonchev–Trinajstić information content (AvgIpc) is 2.47. The molecule has 1 aromatic rings. The highest BCUT2D eigenvalue weighted by molar-refractivity contribution is 5.49. The molecule has 2 nitrogen and oxygen atoms in total. The van der Waals surface area contributed by atoms with Crippen molar-refractivity contribution in [1.82, 2.24) is 0 Å². The Morgan fingerprint density at radius 3 is 2.90 bits per heavy atom. The summed E-state index contributed by atoms with van der Waals surface area (Å²) in [6.07, 6.45) is 8.02. The molecular formula is C18H29NO. The summed E-state index contributed by atoms with van der Waals surface area (Å²) in [5.41, 5.74) is 1.20. The normalized spacial score (nSPS) is 24.1. The highest BCUT2D eigenvalue weighted by atomic mass is 16.5. The van der Waals surface area contributed by atoms with Crippen molar-refractivity contribution in [2.75, 3.05) is 5.32 Å². The van der Waals surface area contributed by atoms with E-state index in [-0.39, 0.29) is 6.10 Å². The monoisotopic (exact) mass is 275 g/mol. The average molecular weight is 275 g/mol. The van der Waals surface area contributed by atoms with Crippen molar-refractivity contribution in [3.63, 3.8) is 0 Å². The Hall–Kier alpha value is -1.18. The van der Waals surface area contributed by atoms with Gasteiger partial charge >= 0.3 is 0 Å². The van der Waals surface area contributed by atoms with Gasteiger partial charge in [0.25, 0.3) is 0 Å². The van der Waals surface area contributed by atoms with Crippen LogP contribution in [-0.4, -0.2) is 12.1 Å². The van der Waals surface area contributed by atoms with Crippen LogP contribution in [0.4, 0.5) is 5.69 Å². The van der Waals surface area contributed by atoms with Gasteiger partial charge in [-0.1, -0.05) is 39.2 Å². The first-order chi connectivity index (χ1) is 9.71. The van der Waals surface area contributed by atoms with E-state index < -0.39 is 0 Å². The first-order valence-corrected chi connectivity index (χ1v) is 8.24. The predicted octanol–water partition coefficient (Wildman–Crippen LogP) is 5.24. The number of anilines is 1.